The van der Waals surface area contributed by atoms with Gasteiger partial charge in [-0.25, -0.2) is 9.88 Å². The first-order chi connectivity index (χ1) is 12.2. The lowest BCUT2D eigenvalue weighted by Crippen LogP contribution is -2.60. The van der Waals surface area contributed by atoms with Gasteiger partial charge in [0.05, 0.1) is 21.9 Å². The quantitative estimate of drug-likeness (QED) is 0.413. The lowest BCUT2D eigenvalue weighted by molar-refractivity contribution is -0.221. The Balaban J connectivity index is 1.95. The van der Waals surface area contributed by atoms with Gasteiger partial charge in [0.15, 0.2) is 0 Å². The van der Waals surface area contributed by atoms with E-state index in [-0.39, 0.29) is 15.9 Å². The van der Waals surface area contributed by atoms with Crippen LogP contribution in [0.5, 0.6) is 0 Å². The maximum atomic E-state index is 13.2. The van der Waals surface area contributed by atoms with E-state index in [1.807, 2.05) is 0 Å². The van der Waals surface area contributed by atoms with Gasteiger partial charge in [0.2, 0.25) is 17.6 Å². The second-order valence-corrected chi connectivity index (χ2v) is 8.18. The second-order valence-electron chi connectivity index (χ2n) is 6.23. The molecule has 2 fully saturated rings. The zero-order chi connectivity index (χ0) is 19.1. The molecular weight excluding hydrogens is 426 g/mol. The van der Waals surface area contributed by atoms with Gasteiger partial charge >= 0.3 is 0 Å². The molecule has 0 radical (unpaired) electrons. The van der Waals surface area contributed by atoms with Crippen molar-refractivity contribution in [3.05, 3.63) is 34.5 Å². The topological polar surface area (TPSA) is 68.7 Å². The molecule has 1 saturated heterocycles. The predicted molar refractivity (Wildman–Crippen MR) is 96.4 cm³/mol. The maximum Gasteiger partial charge on any atom is 0.241 e. The van der Waals surface area contributed by atoms with Gasteiger partial charge in [-0.2, -0.15) is 0 Å². The van der Waals surface area contributed by atoms with Crippen LogP contribution in [0, 0.1) is 11.8 Å². The lowest BCUT2D eigenvalue weighted by atomic mass is 9.84. The van der Waals surface area contributed by atoms with Crippen molar-refractivity contribution in [3.8, 4) is 0 Å². The van der Waals surface area contributed by atoms with E-state index in [2.05, 4.69) is 4.98 Å². The number of imide groups is 1. The van der Waals surface area contributed by atoms with Gasteiger partial charge in [-0.05, 0) is 12.1 Å². The third kappa shape index (κ3) is 1.64. The molecule has 10 heteroatoms. The largest absolute Gasteiger partial charge is 0.350 e. The van der Waals surface area contributed by atoms with Crippen molar-refractivity contribution < 1.29 is 19.1 Å². The summed E-state index contributed by atoms with van der Waals surface area (Å²) in [4.78, 5) is 27.9. The van der Waals surface area contributed by atoms with Crippen LogP contribution < -0.4 is 4.90 Å². The Morgan fingerprint density at radius 2 is 1.50 bits per heavy atom. The summed E-state index contributed by atoms with van der Waals surface area (Å²) in [6.07, 6.45) is 1.47. The number of carbonyl (C=O) groups is 2. The first-order valence-corrected chi connectivity index (χ1v) is 9.08. The summed E-state index contributed by atoms with van der Waals surface area (Å²) in [5.41, 5.74) is 0. The first-order valence-electron chi connectivity index (χ1n) is 7.57. The van der Waals surface area contributed by atoms with E-state index in [9.17, 15) is 9.59 Å². The molecule has 2 bridgehead atoms. The summed E-state index contributed by atoms with van der Waals surface area (Å²) in [5.74, 6) is -5.02. The fourth-order valence-corrected chi connectivity index (χ4v) is 6.58. The van der Waals surface area contributed by atoms with E-state index in [0.29, 0.717) is 0 Å². The van der Waals surface area contributed by atoms with Crippen LogP contribution in [-0.2, 0) is 19.1 Å². The highest BCUT2D eigenvalue weighted by atomic mass is 35.5. The Kier molecular flexibility index (Phi) is 3.95. The molecule has 0 aromatic carbocycles. The molecule has 2 heterocycles. The van der Waals surface area contributed by atoms with E-state index >= 15 is 0 Å². The van der Waals surface area contributed by atoms with Crippen LogP contribution >= 0.6 is 46.4 Å². The van der Waals surface area contributed by atoms with Gasteiger partial charge in [0.25, 0.3) is 0 Å². The minimum atomic E-state index is -1.78. The lowest BCUT2D eigenvalue weighted by Gasteiger charge is -2.42. The van der Waals surface area contributed by atoms with Gasteiger partial charge < -0.3 is 9.47 Å². The monoisotopic (exact) mass is 436 g/mol. The average molecular weight is 438 g/mol. The molecule has 6 nitrogen and oxygen atoms in total. The molecule has 4 rings (SSSR count). The van der Waals surface area contributed by atoms with Crippen molar-refractivity contribution in [3.63, 3.8) is 0 Å². The van der Waals surface area contributed by atoms with Crippen molar-refractivity contribution in [2.45, 2.75) is 15.5 Å². The standard InChI is InChI=1S/C16H12Cl4N2O4/c1-25-16(26-2)14(19)8-9(15(16,20)11(18)10(14)17)13(24)22(12(8)23)7-5-3-4-6-21-7/h3-6,8-9H,1-2H3/t8-,9-,14-,15+/m1/s1. The number of halogens is 4. The van der Waals surface area contributed by atoms with E-state index in [1.54, 1.807) is 12.1 Å². The van der Waals surface area contributed by atoms with Gasteiger partial charge in [-0.15, -0.1) is 23.2 Å². The average Bonchev–Trinajstić information content (AvgIpc) is 3.06. The van der Waals surface area contributed by atoms with Gasteiger partial charge in [0.1, 0.15) is 15.6 Å². The summed E-state index contributed by atoms with van der Waals surface area (Å²) in [7, 11) is 2.62. The smallest absolute Gasteiger partial charge is 0.241 e. The third-order valence-corrected chi connectivity index (χ3v) is 8.02. The Hall–Kier alpha value is -0.890. The summed E-state index contributed by atoms with van der Waals surface area (Å²) in [6.45, 7) is 0. The van der Waals surface area contributed by atoms with Crippen molar-refractivity contribution in [1.29, 1.82) is 0 Å². The Morgan fingerprint density at radius 3 is 1.88 bits per heavy atom. The number of ether oxygens (including phenoxy) is 2. The highest BCUT2D eigenvalue weighted by Gasteiger charge is 2.89. The van der Waals surface area contributed by atoms with Crippen LogP contribution in [0.2, 0.25) is 0 Å². The molecule has 0 unspecified atom stereocenters. The maximum absolute atomic E-state index is 13.2. The number of aromatic nitrogens is 1. The minimum Gasteiger partial charge on any atom is -0.350 e. The van der Waals surface area contributed by atoms with Crippen LogP contribution in [-0.4, -0.2) is 46.6 Å². The molecule has 2 amide bonds. The van der Waals surface area contributed by atoms with E-state index in [4.69, 9.17) is 55.9 Å². The van der Waals surface area contributed by atoms with E-state index < -0.39 is 39.2 Å². The Labute approximate surface area is 168 Å². The van der Waals surface area contributed by atoms with Crippen molar-refractivity contribution in [1.82, 2.24) is 4.98 Å². The number of hydrogen-bond acceptors (Lipinski definition) is 5. The van der Waals surface area contributed by atoms with E-state index in [0.717, 1.165) is 4.90 Å². The number of anilines is 1. The number of rotatable bonds is 3. The summed E-state index contributed by atoms with van der Waals surface area (Å²) >= 11 is 26.4. The summed E-state index contributed by atoms with van der Waals surface area (Å²) in [5, 5.41) is -0.130. The zero-order valence-electron chi connectivity index (χ0n) is 13.5. The predicted octanol–water partition coefficient (Wildman–Crippen LogP) is 2.85. The molecule has 4 atom stereocenters. The number of nitrogens with zero attached hydrogens (tertiary/aromatic N) is 2. The van der Waals surface area contributed by atoms with Crippen LogP contribution in [0.3, 0.4) is 0 Å². The van der Waals surface area contributed by atoms with Crippen molar-refractivity contribution in [2.75, 3.05) is 19.1 Å². The fraction of sp³-hybridized carbons (Fsp3) is 0.438. The molecule has 0 N–H and O–H groups in total. The summed E-state index contributed by atoms with van der Waals surface area (Å²) in [6, 6.07) is 4.86. The number of amides is 2. The van der Waals surface area contributed by atoms with Crippen molar-refractivity contribution >= 4 is 64.0 Å². The molecule has 138 valence electrons. The minimum absolute atomic E-state index is 0.0650. The molecule has 2 aliphatic carbocycles. The number of hydrogen-bond donors (Lipinski definition) is 0. The third-order valence-electron chi connectivity index (χ3n) is 5.41. The van der Waals surface area contributed by atoms with Crippen LogP contribution in [0.25, 0.3) is 0 Å². The Bertz CT molecular complexity index is 813. The molecule has 3 aliphatic rings. The van der Waals surface area contributed by atoms with E-state index in [1.165, 1.54) is 26.5 Å². The van der Waals surface area contributed by atoms with Crippen LogP contribution in [0.15, 0.2) is 34.5 Å². The zero-order valence-corrected chi connectivity index (χ0v) is 16.5. The Morgan fingerprint density at radius 1 is 1.00 bits per heavy atom. The molecule has 1 aromatic rings. The number of pyridine rings is 1. The van der Waals surface area contributed by atoms with Crippen LogP contribution in [0.1, 0.15) is 0 Å². The molecule has 26 heavy (non-hydrogen) atoms. The number of fused-ring (bicyclic) bond motifs is 5. The molecule has 0 spiro atoms. The number of carbonyl (C=O) groups excluding carboxylic acids is 2. The molecule has 1 aromatic heterocycles. The highest BCUT2D eigenvalue weighted by Crippen LogP contribution is 2.75. The van der Waals surface area contributed by atoms with Gasteiger partial charge in [0, 0.05) is 20.4 Å². The fourth-order valence-electron chi connectivity index (χ4n) is 4.42. The number of methoxy groups -OCH3 is 2. The molecule has 1 saturated carbocycles. The molecular formula is C16H12Cl4N2O4. The normalized spacial score (nSPS) is 37.7. The highest BCUT2D eigenvalue weighted by molar-refractivity contribution is 6.54. The SMILES string of the molecule is COC1(OC)[C@@]2(Cl)C(Cl)=C(Cl)[C@]1(Cl)[C@H]1C(=O)N(c3ccccn3)C(=O)[C@@H]12. The second kappa shape index (κ2) is 5.56. The van der Waals surface area contributed by atoms with Gasteiger partial charge in [-0.1, -0.05) is 29.3 Å². The van der Waals surface area contributed by atoms with Crippen molar-refractivity contribution in [2.24, 2.45) is 11.8 Å². The van der Waals surface area contributed by atoms with Gasteiger partial charge in [-0.3, -0.25) is 9.59 Å². The first kappa shape index (κ1) is 18.5. The summed E-state index contributed by atoms with van der Waals surface area (Å²) < 4.78 is 11.0. The number of alkyl halides is 2. The molecule has 1 aliphatic heterocycles. The van der Waals surface area contributed by atoms with Crippen LogP contribution in [0.4, 0.5) is 5.82 Å².